The summed E-state index contributed by atoms with van der Waals surface area (Å²) in [4.78, 5) is 0. The molecule has 1 fully saturated rings. The van der Waals surface area contributed by atoms with E-state index in [1.54, 1.807) is 24.3 Å². The molecule has 3 heteroatoms. The van der Waals surface area contributed by atoms with Gasteiger partial charge in [0.1, 0.15) is 5.75 Å². The van der Waals surface area contributed by atoms with Crippen molar-refractivity contribution in [1.82, 2.24) is 0 Å². The zero-order valence-electron chi connectivity index (χ0n) is 12.8. The first-order chi connectivity index (χ1) is 9.60. The molecule has 0 aliphatic heterocycles. The van der Waals surface area contributed by atoms with Gasteiger partial charge in [0.2, 0.25) is 0 Å². The Balaban J connectivity index is 0.000000272. The van der Waals surface area contributed by atoms with E-state index in [1.165, 1.54) is 19.3 Å². The summed E-state index contributed by atoms with van der Waals surface area (Å²) in [5.74, 6) is 0.322. The van der Waals surface area contributed by atoms with Crippen LogP contribution in [0, 0.1) is 0 Å². The topological polar surface area (TPSA) is 60.7 Å². The highest BCUT2D eigenvalue weighted by atomic mass is 16.3. The molecule has 2 rings (SSSR count). The Morgan fingerprint density at radius 1 is 1.00 bits per heavy atom. The van der Waals surface area contributed by atoms with E-state index in [9.17, 15) is 0 Å². The lowest BCUT2D eigenvalue weighted by molar-refractivity contribution is 0.130. The van der Waals surface area contributed by atoms with E-state index >= 15 is 0 Å². The fourth-order valence-corrected chi connectivity index (χ4v) is 1.80. The Morgan fingerprint density at radius 3 is 1.70 bits per heavy atom. The molecule has 0 radical (unpaired) electrons. The Kier molecular flexibility index (Phi) is 12.3. The molecule has 116 valence electrons. The number of hydrogen-bond donors (Lipinski definition) is 3. The van der Waals surface area contributed by atoms with Gasteiger partial charge in [-0.1, -0.05) is 51.3 Å². The van der Waals surface area contributed by atoms with Crippen molar-refractivity contribution in [2.75, 3.05) is 0 Å². The molecule has 0 saturated heterocycles. The zero-order chi connectivity index (χ0) is 15.2. The van der Waals surface area contributed by atoms with Crippen LogP contribution >= 0.6 is 0 Å². The quantitative estimate of drug-likeness (QED) is 0.771. The first-order valence-corrected chi connectivity index (χ1v) is 7.70. The van der Waals surface area contributed by atoms with Crippen molar-refractivity contribution in [3.8, 4) is 5.75 Å². The van der Waals surface area contributed by atoms with Crippen LogP contribution in [-0.4, -0.2) is 27.5 Å². The molecule has 1 aliphatic rings. The lowest BCUT2D eigenvalue weighted by atomic mass is 9.98. The van der Waals surface area contributed by atoms with Crippen molar-refractivity contribution in [3.63, 3.8) is 0 Å². The third-order valence-corrected chi connectivity index (χ3v) is 3.27. The van der Waals surface area contributed by atoms with Crippen LogP contribution in [0.1, 0.15) is 58.8 Å². The van der Waals surface area contributed by atoms with Crippen LogP contribution < -0.4 is 0 Å². The Morgan fingerprint density at radius 2 is 1.50 bits per heavy atom. The summed E-state index contributed by atoms with van der Waals surface area (Å²) >= 11 is 0. The van der Waals surface area contributed by atoms with Gasteiger partial charge >= 0.3 is 0 Å². The minimum Gasteiger partial charge on any atom is -0.508 e. The summed E-state index contributed by atoms with van der Waals surface area (Å²) in [5, 5.41) is 26.2. The third-order valence-electron chi connectivity index (χ3n) is 3.27. The second-order valence-corrected chi connectivity index (χ2v) is 5.10. The average molecular weight is 282 g/mol. The maximum atomic E-state index is 8.91. The maximum absolute atomic E-state index is 8.91. The Labute approximate surface area is 123 Å². The molecule has 1 saturated carbocycles. The Hall–Kier alpha value is -1.06. The maximum Gasteiger partial charge on any atom is 0.115 e. The van der Waals surface area contributed by atoms with Gasteiger partial charge in [0.15, 0.2) is 0 Å². The third kappa shape index (κ3) is 12.0. The first kappa shape index (κ1) is 18.9. The van der Waals surface area contributed by atoms with Gasteiger partial charge in [0.05, 0.1) is 12.2 Å². The number of phenolic OH excluding ortho intramolecular Hbond substituents is 1. The van der Waals surface area contributed by atoms with Gasteiger partial charge in [-0.2, -0.15) is 0 Å². The van der Waals surface area contributed by atoms with Gasteiger partial charge in [0.25, 0.3) is 0 Å². The molecule has 1 aliphatic carbocycles. The summed E-state index contributed by atoms with van der Waals surface area (Å²) in [5.41, 5.74) is 0. The van der Waals surface area contributed by atoms with Gasteiger partial charge in [-0.25, -0.2) is 0 Å². The lowest BCUT2D eigenvalue weighted by Gasteiger charge is -2.14. The minimum atomic E-state index is -0.0648. The van der Waals surface area contributed by atoms with Crippen LogP contribution in [0.2, 0.25) is 0 Å². The number of benzene rings is 1. The predicted octanol–water partition coefficient (Wildman–Crippen LogP) is 3.87. The SMILES string of the molecule is CCC(O)CC.OC1CCCCC1.Oc1ccccc1. The number of aliphatic hydroxyl groups excluding tert-OH is 2. The minimum absolute atomic E-state index is 0.0359. The number of hydrogen-bond acceptors (Lipinski definition) is 3. The van der Waals surface area contributed by atoms with Crippen LogP contribution in [-0.2, 0) is 0 Å². The molecule has 3 N–H and O–H groups in total. The molecule has 1 aromatic rings. The highest BCUT2D eigenvalue weighted by Crippen LogP contribution is 2.16. The van der Waals surface area contributed by atoms with Gasteiger partial charge in [-0.15, -0.1) is 0 Å². The fourth-order valence-electron chi connectivity index (χ4n) is 1.80. The zero-order valence-corrected chi connectivity index (χ0v) is 12.8. The number of phenols is 1. The second kappa shape index (κ2) is 12.9. The van der Waals surface area contributed by atoms with E-state index < -0.39 is 0 Å². The molecule has 0 aromatic heterocycles. The standard InChI is InChI=1S/C6H12O.C6H6O.C5H12O/c2*7-6-4-2-1-3-5-6;1-3-5(6)4-2/h6-7H,1-5H2;1-5,7H;5-6H,3-4H2,1-2H3. The molecule has 0 spiro atoms. The Bertz CT molecular complexity index is 290. The van der Waals surface area contributed by atoms with E-state index in [0.717, 1.165) is 25.7 Å². The molecule has 20 heavy (non-hydrogen) atoms. The molecule has 0 amide bonds. The predicted molar refractivity (Wildman–Crippen MR) is 83.8 cm³/mol. The number of aromatic hydroxyl groups is 1. The highest BCUT2D eigenvalue weighted by molar-refractivity contribution is 5.18. The summed E-state index contributed by atoms with van der Waals surface area (Å²) in [6.45, 7) is 3.96. The molecular formula is C17H30O3. The largest absolute Gasteiger partial charge is 0.508 e. The molecule has 0 unspecified atom stereocenters. The van der Waals surface area contributed by atoms with Gasteiger partial charge in [-0.3, -0.25) is 0 Å². The fraction of sp³-hybridized carbons (Fsp3) is 0.647. The van der Waals surface area contributed by atoms with Crippen molar-refractivity contribution in [3.05, 3.63) is 30.3 Å². The molecule has 0 heterocycles. The van der Waals surface area contributed by atoms with Gasteiger partial charge in [-0.05, 0) is 37.8 Å². The van der Waals surface area contributed by atoms with Crippen molar-refractivity contribution in [2.24, 2.45) is 0 Å². The van der Waals surface area contributed by atoms with Gasteiger partial charge < -0.3 is 15.3 Å². The van der Waals surface area contributed by atoms with Crippen LogP contribution in [0.4, 0.5) is 0 Å². The van der Waals surface area contributed by atoms with E-state index in [2.05, 4.69) is 0 Å². The van der Waals surface area contributed by atoms with Crippen LogP contribution in [0.15, 0.2) is 30.3 Å². The summed E-state index contributed by atoms with van der Waals surface area (Å²) < 4.78 is 0. The van der Waals surface area contributed by atoms with Crippen molar-refractivity contribution in [2.45, 2.75) is 71.0 Å². The molecule has 1 aromatic carbocycles. The smallest absolute Gasteiger partial charge is 0.115 e. The average Bonchev–Trinajstić information content (AvgIpc) is 2.49. The normalized spacial score (nSPS) is 14.8. The van der Waals surface area contributed by atoms with E-state index in [4.69, 9.17) is 15.3 Å². The van der Waals surface area contributed by atoms with E-state index in [1.807, 2.05) is 19.9 Å². The van der Waals surface area contributed by atoms with Gasteiger partial charge in [0, 0.05) is 0 Å². The van der Waals surface area contributed by atoms with Crippen LogP contribution in [0.5, 0.6) is 5.75 Å². The summed E-state index contributed by atoms with van der Waals surface area (Å²) in [6.07, 6.45) is 7.63. The lowest BCUT2D eigenvalue weighted by Crippen LogP contribution is -2.09. The van der Waals surface area contributed by atoms with E-state index in [-0.39, 0.29) is 12.2 Å². The summed E-state index contributed by atoms with van der Waals surface area (Å²) in [7, 11) is 0. The number of aliphatic hydroxyl groups is 2. The monoisotopic (exact) mass is 282 g/mol. The molecule has 3 nitrogen and oxygen atoms in total. The first-order valence-electron chi connectivity index (χ1n) is 7.70. The number of para-hydroxylation sites is 1. The highest BCUT2D eigenvalue weighted by Gasteiger charge is 2.07. The molecule has 0 bridgehead atoms. The molecular weight excluding hydrogens is 252 g/mol. The van der Waals surface area contributed by atoms with Crippen molar-refractivity contribution in [1.29, 1.82) is 0 Å². The van der Waals surface area contributed by atoms with Crippen molar-refractivity contribution >= 4 is 0 Å². The van der Waals surface area contributed by atoms with Crippen molar-refractivity contribution < 1.29 is 15.3 Å². The van der Waals surface area contributed by atoms with E-state index in [0.29, 0.717) is 5.75 Å². The second-order valence-electron chi connectivity index (χ2n) is 5.10. The van der Waals surface area contributed by atoms with Crippen LogP contribution in [0.25, 0.3) is 0 Å². The summed E-state index contributed by atoms with van der Waals surface area (Å²) in [6, 6.07) is 8.71. The van der Waals surface area contributed by atoms with Crippen LogP contribution in [0.3, 0.4) is 0 Å². The molecule has 0 atom stereocenters. The number of rotatable bonds is 2.